The lowest BCUT2D eigenvalue weighted by atomic mass is 9.93. The summed E-state index contributed by atoms with van der Waals surface area (Å²) < 4.78 is 14.8. The first-order chi connectivity index (χ1) is 11.2. The molecule has 0 aliphatic heterocycles. The quantitative estimate of drug-likeness (QED) is 0.788. The normalized spacial score (nSPS) is 14.0. The molecule has 0 amide bonds. The molecule has 1 N–H and O–H groups in total. The maximum Gasteiger partial charge on any atom is 0.127 e. The first kappa shape index (κ1) is 15.1. The molecule has 0 saturated carbocycles. The number of nitrogens with zero attached hydrogens (tertiary/aromatic N) is 3. The Bertz CT molecular complexity index is 770. The van der Waals surface area contributed by atoms with Gasteiger partial charge in [-0.05, 0) is 29.8 Å². The number of halogens is 1. The van der Waals surface area contributed by atoms with Gasteiger partial charge in [0.1, 0.15) is 11.4 Å². The third-order valence-electron chi connectivity index (χ3n) is 3.57. The van der Waals surface area contributed by atoms with Crippen LogP contribution < -0.4 is 0 Å². The van der Waals surface area contributed by atoms with Gasteiger partial charge in [0, 0.05) is 30.4 Å². The Morgan fingerprint density at radius 3 is 2.61 bits per heavy atom. The van der Waals surface area contributed by atoms with Gasteiger partial charge in [-0.3, -0.25) is 4.98 Å². The van der Waals surface area contributed by atoms with Gasteiger partial charge < -0.3 is 9.67 Å². The van der Waals surface area contributed by atoms with Crippen LogP contribution in [0.1, 0.15) is 11.1 Å². The van der Waals surface area contributed by atoms with Crippen molar-refractivity contribution in [2.45, 2.75) is 12.1 Å². The molecule has 1 aromatic carbocycles. The highest BCUT2D eigenvalue weighted by Crippen LogP contribution is 2.25. The second-order valence-electron chi connectivity index (χ2n) is 5.29. The average Bonchev–Trinajstić information content (AvgIpc) is 3.08. The summed E-state index contributed by atoms with van der Waals surface area (Å²) in [5.41, 5.74) is 0.231. The van der Waals surface area contributed by atoms with Crippen LogP contribution in [-0.4, -0.2) is 19.6 Å². The Morgan fingerprint density at radius 2 is 1.96 bits per heavy atom. The molecule has 5 heteroatoms. The number of imidazole rings is 1. The standard InChI is InChI=1S/C18H16FN3O/c19-17-5-3-15(4-6-17)7-8-18(23,13-22-11-10-21-14-22)16-2-1-9-20-12-16/h1-12,14,23H,13H2/b8-7-/t18-/m0/s1. The van der Waals surface area contributed by atoms with Crippen molar-refractivity contribution in [2.75, 3.05) is 0 Å². The number of pyridine rings is 1. The van der Waals surface area contributed by atoms with E-state index in [-0.39, 0.29) is 5.82 Å². The van der Waals surface area contributed by atoms with Gasteiger partial charge >= 0.3 is 0 Å². The van der Waals surface area contributed by atoms with E-state index < -0.39 is 5.60 Å². The molecular formula is C18H16FN3O. The van der Waals surface area contributed by atoms with Gasteiger partial charge in [0.2, 0.25) is 0 Å². The monoisotopic (exact) mass is 309 g/mol. The number of aliphatic hydroxyl groups is 1. The number of benzene rings is 1. The van der Waals surface area contributed by atoms with Crippen molar-refractivity contribution >= 4 is 6.08 Å². The third kappa shape index (κ3) is 3.70. The molecule has 2 aromatic heterocycles. The number of aromatic nitrogens is 3. The number of hydrogen-bond acceptors (Lipinski definition) is 3. The molecule has 3 rings (SSSR count). The SMILES string of the molecule is O[C@@](/C=C\c1ccc(F)cc1)(Cn1ccnc1)c1cccnc1. The topological polar surface area (TPSA) is 50.9 Å². The molecular weight excluding hydrogens is 293 g/mol. The highest BCUT2D eigenvalue weighted by molar-refractivity contribution is 5.51. The molecule has 3 aromatic rings. The van der Waals surface area contributed by atoms with Crippen molar-refractivity contribution in [3.05, 3.63) is 90.5 Å². The van der Waals surface area contributed by atoms with E-state index in [4.69, 9.17) is 0 Å². The summed E-state index contributed by atoms with van der Waals surface area (Å²) in [5.74, 6) is -0.289. The highest BCUT2D eigenvalue weighted by Gasteiger charge is 2.27. The average molecular weight is 309 g/mol. The fourth-order valence-corrected chi connectivity index (χ4v) is 2.33. The maximum absolute atomic E-state index is 13.0. The van der Waals surface area contributed by atoms with E-state index in [0.717, 1.165) is 5.56 Å². The van der Waals surface area contributed by atoms with Gasteiger partial charge in [-0.15, -0.1) is 0 Å². The zero-order valence-corrected chi connectivity index (χ0v) is 12.4. The lowest BCUT2D eigenvalue weighted by Crippen LogP contribution is -2.28. The molecule has 1 atom stereocenters. The van der Waals surface area contributed by atoms with Crippen LogP contribution in [0.25, 0.3) is 6.08 Å². The molecule has 0 radical (unpaired) electrons. The van der Waals surface area contributed by atoms with Crippen molar-refractivity contribution < 1.29 is 9.50 Å². The van der Waals surface area contributed by atoms with Crippen LogP contribution in [0, 0.1) is 5.82 Å². The van der Waals surface area contributed by atoms with Crippen LogP contribution in [0.2, 0.25) is 0 Å². The van der Waals surface area contributed by atoms with Crippen molar-refractivity contribution in [2.24, 2.45) is 0 Å². The van der Waals surface area contributed by atoms with Crippen LogP contribution in [0.4, 0.5) is 4.39 Å². The van der Waals surface area contributed by atoms with Crippen molar-refractivity contribution in [1.29, 1.82) is 0 Å². The second-order valence-corrected chi connectivity index (χ2v) is 5.29. The van der Waals surface area contributed by atoms with Gasteiger partial charge in [0.05, 0.1) is 12.9 Å². The molecule has 0 bridgehead atoms. The van der Waals surface area contributed by atoms with Crippen LogP contribution in [-0.2, 0) is 12.1 Å². The Hall–Kier alpha value is -2.79. The van der Waals surface area contributed by atoms with E-state index in [1.807, 2.05) is 6.07 Å². The molecule has 23 heavy (non-hydrogen) atoms. The van der Waals surface area contributed by atoms with Crippen molar-refractivity contribution in [1.82, 2.24) is 14.5 Å². The summed E-state index contributed by atoms with van der Waals surface area (Å²) in [6, 6.07) is 9.69. The van der Waals surface area contributed by atoms with E-state index in [9.17, 15) is 9.50 Å². The summed E-state index contributed by atoms with van der Waals surface area (Å²) in [5, 5.41) is 11.1. The highest BCUT2D eigenvalue weighted by atomic mass is 19.1. The first-order valence-corrected chi connectivity index (χ1v) is 7.19. The summed E-state index contributed by atoms with van der Waals surface area (Å²) in [7, 11) is 0. The molecule has 0 unspecified atom stereocenters. The van der Waals surface area contributed by atoms with E-state index >= 15 is 0 Å². The molecule has 0 spiro atoms. The molecule has 0 aliphatic carbocycles. The zero-order chi connectivity index (χ0) is 16.1. The number of hydrogen-bond donors (Lipinski definition) is 1. The van der Waals surface area contributed by atoms with Gasteiger partial charge in [0.15, 0.2) is 0 Å². The van der Waals surface area contributed by atoms with Crippen LogP contribution in [0.3, 0.4) is 0 Å². The van der Waals surface area contributed by atoms with Crippen LogP contribution >= 0.6 is 0 Å². The molecule has 0 aliphatic rings. The Balaban J connectivity index is 1.93. The summed E-state index contributed by atoms with van der Waals surface area (Å²) in [4.78, 5) is 8.08. The van der Waals surface area contributed by atoms with E-state index in [0.29, 0.717) is 12.1 Å². The predicted octanol–water partition coefficient (Wildman–Crippen LogP) is 3.02. The minimum absolute atomic E-state index is 0.289. The molecule has 2 heterocycles. The Morgan fingerprint density at radius 1 is 1.13 bits per heavy atom. The summed E-state index contributed by atoms with van der Waals surface area (Å²) in [6.07, 6.45) is 11.8. The van der Waals surface area contributed by atoms with E-state index in [2.05, 4.69) is 9.97 Å². The Kier molecular flexibility index (Phi) is 4.30. The summed E-state index contributed by atoms with van der Waals surface area (Å²) >= 11 is 0. The smallest absolute Gasteiger partial charge is 0.127 e. The molecule has 116 valence electrons. The fourth-order valence-electron chi connectivity index (χ4n) is 2.33. The minimum atomic E-state index is -1.25. The first-order valence-electron chi connectivity index (χ1n) is 7.19. The van der Waals surface area contributed by atoms with E-state index in [1.54, 1.807) is 66.0 Å². The largest absolute Gasteiger partial charge is 0.379 e. The van der Waals surface area contributed by atoms with Gasteiger partial charge in [-0.25, -0.2) is 9.37 Å². The number of rotatable bonds is 5. The predicted molar refractivity (Wildman–Crippen MR) is 85.8 cm³/mol. The molecule has 4 nitrogen and oxygen atoms in total. The van der Waals surface area contributed by atoms with Gasteiger partial charge in [0.25, 0.3) is 0 Å². The fraction of sp³-hybridized carbons (Fsp3) is 0.111. The minimum Gasteiger partial charge on any atom is -0.379 e. The van der Waals surface area contributed by atoms with Crippen molar-refractivity contribution in [3.63, 3.8) is 0 Å². The maximum atomic E-state index is 13.0. The lowest BCUT2D eigenvalue weighted by Gasteiger charge is -2.25. The van der Waals surface area contributed by atoms with Crippen LogP contribution in [0.5, 0.6) is 0 Å². The van der Waals surface area contributed by atoms with Crippen LogP contribution in [0.15, 0.2) is 73.6 Å². The molecule has 0 saturated heterocycles. The Labute approximate surface area is 133 Å². The van der Waals surface area contributed by atoms with Gasteiger partial charge in [-0.1, -0.05) is 24.3 Å². The zero-order valence-electron chi connectivity index (χ0n) is 12.4. The van der Waals surface area contributed by atoms with Gasteiger partial charge in [-0.2, -0.15) is 0 Å². The van der Waals surface area contributed by atoms with Crippen molar-refractivity contribution in [3.8, 4) is 0 Å². The summed E-state index contributed by atoms with van der Waals surface area (Å²) in [6.45, 7) is 0.302. The second kappa shape index (κ2) is 6.54. The van der Waals surface area contributed by atoms with E-state index in [1.165, 1.54) is 12.1 Å². The molecule has 0 fully saturated rings. The lowest BCUT2D eigenvalue weighted by molar-refractivity contribution is 0.0701. The third-order valence-corrected chi connectivity index (χ3v) is 3.57.